The van der Waals surface area contributed by atoms with E-state index in [0.717, 1.165) is 37.8 Å². The molecule has 1 unspecified atom stereocenters. The summed E-state index contributed by atoms with van der Waals surface area (Å²) in [6, 6.07) is 0.244. The summed E-state index contributed by atoms with van der Waals surface area (Å²) in [5, 5.41) is 21.1. The Morgan fingerprint density at radius 1 is 1.27 bits per heavy atom. The summed E-state index contributed by atoms with van der Waals surface area (Å²) in [5.41, 5.74) is 2.30. The Kier molecular flexibility index (Phi) is 3.71. The molecular formula is C20H23N7O3. The first-order valence-electron chi connectivity index (χ1n) is 10.4. The summed E-state index contributed by atoms with van der Waals surface area (Å²) in [7, 11) is 1.51. The number of aromatic amines is 1. The minimum absolute atomic E-state index is 0.0996. The van der Waals surface area contributed by atoms with E-state index in [-0.39, 0.29) is 17.8 Å². The Morgan fingerprint density at radius 3 is 2.80 bits per heavy atom. The van der Waals surface area contributed by atoms with Crippen LogP contribution in [0.25, 0.3) is 22.6 Å². The molecule has 3 aromatic heterocycles. The number of rotatable bonds is 4. The molecule has 1 amide bonds. The minimum atomic E-state index is -0.493. The van der Waals surface area contributed by atoms with E-state index in [2.05, 4.69) is 35.7 Å². The van der Waals surface area contributed by atoms with Gasteiger partial charge in [0.1, 0.15) is 5.52 Å². The molecular weight excluding hydrogens is 386 g/mol. The smallest absolute Gasteiger partial charge is 0.316 e. The number of hydrogen-bond acceptors (Lipinski definition) is 8. The number of amides is 1. The second kappa shape index (κ2) is 6.24. The van der Waals surface area contributed by atoms with Gasteiger partial charge in [0, 0.05) is 19.3 Å². The van der Waals surface area contributed by atoms with Crippen molar-refractivity contribution in [2.45, 2.75) is 43.7 Å². The normalized spacial score (nSPS) is 31.9. The SMILES string of the molecule is CNC(=O)c1nc(-c2cnc3[nH]cnc3c2N[C@H]2[C@@H]3CC4C[C@H]2C[C@@](O)(C4)C3)no1. The number of carbonyl (C=O) groups excluding carboxylic acids is 1. The third-order valence-corrected chi connectivity index (χ3v) is 7.09. The predicted molar refractivity (Wildman–Crippen MR) is 106 cm³/mol. The summed E-state index contributed by atoms with van der Waals surface area (Å²) in [6.07, 6.45) is 8.19. The van der Waals surface area contributed by atoms with E-state index in [1.165, 1.54) is 7.05 Å². The van der Waals surface area contributed by atoms with Gasteiger partial charge >= 0.3 is 11.8 Å². The molecule has 0 radical (unpaired) electrons. The Bertz CT molecular complexity index is 1120. The molecule has 10 nitrogen and oxygen atoms in total. The van der Waals surface area contributed by atoms with Crippen molar-refractivity contribution >= 4 is 22.8 Å². The Morgan fingerprint density at radius 2 is 2.07 bits per heavy atom. The van der Waals surface area contributed by atoms with E-state index in [9.17, 15) is 9.90 Å². The largest absolute Gasteiger partial charge is 0.390 e. The van der Waals surface area contributed by atoms with Crippen molar-refractivity contribution < 1.29 is 14.4 Å². The quantitative estimate of drug-likeness (QED) is 0.510. The van der Waals surface area contributed by atoms with Crippen molar-refractivity contribution in [3.63, 3.8) is 0 Å². The van der Waals surface area contributed by atoms with Crippen LogP contribution in [-0.2, 0) is 0 Å². The highest BCUT2D eigenvalue weighted by atomic mass is 16.5. The summed E-state index contributed by atoms with van der Waals surface area (Å²) >= 11 is 0. The first kappa shape index (κ1) is 17.8. The molecule has 7 rings (SSSR count). The fraction of sp³-hybridized carbons (Fsp3) is 0.550. The molecule has 5 atom stereocenters. The van der Waals surface area contributed by atoms with Crippen LogP contribution in [0.4, 0.5) is 5.69 Å². The molecule has 3 aromatic rings. The predicted octanol–water partition coefficient (Wildman–Crippen LogP) is 1.72. The zero-order chi connectivity index (χ0) is 20.5. The van der Waals surface area contributed by atoms with Gasteiger partial charge in [-0.2, -0.15) is 4.98 Å². The Labute approximate surface area is 171 Å². The number of H-pyrrole nitrogens is 1. The van der Waals surface area contributed by atoms with E-state index < -0.39 is 11.5 Å². The number of fused-ring (bicyclic) bond motifs is 1. The first-order chi connectivity index (χ1) is 14.5. The second-order valence-electron chi connectivity index (χ2n) is 9.01. The number of nitrogens with zero attached hydrogens (tertiary/aromatic N) is 4. The van der Waals surface area contributed by atoms with Crippen molar-refractivity contribution in [2.75, 3.05) is 12.4 Å². The van der Waals surface area contributed by atoms with E-state index >= 15 is 0 Å². The summed E-state index contributed by atoms with van der Waals surface area (Å²) in [5.74, 6) is 1.21. The van der Waals surface area contributed by atoms with Crippen molar-refractivity contribution in [3.05, 3.63) is 18.4 Å². The van der Waals surface area contributed by atoms with Crippen LogP contribution in [0, 0.1) is 17.8 Å². The van der Waals surface area contributed by atoms with Crippen LogP contribution in [0.1, 0.15) is 42.8 Å². The number of pyridine rings is 1. The number of imidazole rings is 1. The first-order valence-corrected chi connectivity index (χ1v) is 10.4. The van der Waals surface area contributed by atoms with E-state index in [1.54, 1.807) is 12.5 Å². The molecule has 3 heterocycles. The lowest BCUT2D eigenvalue weighted by Gasteiger charge is -2.58. The molecule has 30 heavy (non-hydrogen) atoms. The molecule has 4 saturated carbocycles. The third-order valence-electron chi connectivity index (χ3n) is 7.09. The van der Waals surface area contributed by atoms with Crippen molar-refractivity contribution in [2.24, 2.45) is 17.8 Å². The highest BCUT2D eigenvalue weighted by Crippen LogP contribution is 2.56. The van der Waals surface area contributed by atoms with Gasteiger partial charge in [-0.3, -0.25) is 4.79 Å². The van der Waals surface area contributed by atoms with Crippen LogP contribution in [0.15, 0.2) is 17.0 Å². The highest BCUT2D eigenvalue weighted by Gasteiger charge is 2.54. The number of nitrogens with one attached hydrogen (secondary N) is 3. The fourth-order valence-corrected chi connectivity index (χ4v) is 6.12. The summed E-state index contributed by atoms with van der Waals surface area (Å²) in [4.78, 5) is 28.0. The minimum Gasteiger partial charge on any atom is -0.390 e. The number of aliphatic hydroxyl groups is 1. The molecule has 0 saturated heterocycles. The highest BCUT2D eigenvalue weighted by molar-refractivity contribution is 5.95. The van der Waals surface area contributed by atoms with Gasteiger partial charge in [-0.05, 0) is 49.9 Å². The van der Waals surface area contributed by atoms with Gasteiger partial charge in [0.15, 0.2) is 5.65 Å². The Hall–Kier alpha value is -3.01. The van der Waals surface area contributed by atoms with Gasteiger partial charge in [0.25, 0.3) is 0 Å². The number of aromatic nitrogens is 5. The van der Waals surface area contributed by atoms with Crippen LogP contribution in [0.5, 0.6) is 0 Å². The van der Waals surface area contributed by atoms with Crippen LogP contribution in [0.2, 0.25) is 0 Å². The van der Waals surface area contributed by atoms with Gasteiger partial charge in [0.2, 0.25) is 5.82 Å². The maximum Gasteiger partial charge on any atom is 0.316 e. The maximum absolute atomic E-state index is 11.8. The van der Waals surface area contributed by atoms with Crippen molar-refractivity contribution in [1.82, 2.24) is 30.4 Å². The van der Waals surface area contributed by atoms with E-state index in [1.807, 2.05) is 0 Å². The molecule has 0 aromatic carbocycles. The molecule has 0 spiro atoms. The van der Waals surface area contributed by atoms with Crippen molar-refractivity contribution in [3.8, 4) is 11.4 Å². The number of carbonyl (C=O) groups is 1. The maximum atomic E-state index is 11.8. The molecule has 0 aliphatic heterocycles. The van der Waals surface area contributed by atoms with Gasteiger partial charge < -0.3 is 25.2 Å². The summed E-state index contributed by atoms with van der Waals surface area (Å²) < 4.78 is 5.13. The average Bonchev–Trinajstić information content (AvgIpc) is 3.38. The van der Waals surface area contributed by atoms with Gasteiger partial charge in [-0.1, -0.05) is 5.16 Å². The molecule has 10 heteroatoms. The van der Waals surface area contributed by atoms with E-state index in [0.29, 0.717) is 34.5 Å². The molecule has 4 aliphatic rings. The average molecular weight is 409 g/mol. The second-order valence-corrected chi connectivity index (χ2v) is 9.01. The molecule has 4 fully saturated rings. The summed E-state index contributed by atoms with van der Waals surface area (Å²) in [6.45, 7) is 0. The molecule has 156 valence electrons. The van der Waals surface area contributed by atoms with Crippen molar-refractivity contribution in [1.29, 1.82) is 0 Å². The van der Waals surface area contributed by atoms with Crippen LogP contribution in [-0.4, -0.2) is 54.8 Å². The fourth-order valence-electron chi connectivity index (χ4n) is 6.12. The van der Waals surface area contributed by atoms with Gasteiger partial charge in [-0.15, -0.1) is 0 Å². The standard InChI is InChI=1S/C20H23N7O3/c1-21-18(28)19-26-16(27-30-19)12-7-22-17-15(23-8-24-17)14(12)25-13-10-2-9-3-11(13)6-20(29,4-9)5-10/h7-11,13,29H,2-6H2,1H3,(H,21,28)(H2,22,23,24,25)/t9?,10-,11+,13+,20-. The number of hydrogen-bond donors (Lipinski definition) is 4. The van der Waals surface area contributed by atoms with Crippen LogP contribution >= 0.6 is 0 Å². The lowest BCUT2D eigenvalue weighted by atomic mass is 9.52. The van der Waals surface area contributed by atoms with Crippen LogP contribution < -0.4 is 10.6 Å². The van der Waals surface area contributed by atoms with Crippen LogP contribution in [0.3, 0.4) is 0 Å². The van der Waals surface area contributed by atoms with Gasteiger partial charge in [-0.25, -0.2) is 9.97 Å². The zero-order valence-corrected chi connectivity index (χ0v) is 16.6. The molecule has 4 N–H and O–H groups in total. The third kappa shape index (κ3) is 2.63. The molecule has 4 bridgehead atoms. The van der Waals surface area contributed by atoms with E-state index in [4.69, 9.17) is 4.52 Å². The van der Waals surface area contributed by atoms with Gasteiger partial charge in [0.05, 0.1) is 23.2 Å². The topological polar surface area (TPSA) is 142 Å². The zero-order valence-electron chi connectivity index (χ0n) is 16.6. The number of anilines is 1. The molecule has 4 aliphatic carbocycles. The lowest BCUT2D eigenvalue weighted by Crippen LogP contribution is -2.59. The monoisotopic (exact) mass is 409 g/mol. The Balaban J connectivity index is 1.40. The lowest BCUT2D eigenvalue weighted by molar-refractivity contribution is -0.129.